The highest BCUT2D eigenvalue weighted by Gasteiger charge is 2.31. The van der Waals surface area contributed by atoms with Crippen molar-refractivity contribution in [2.24, 2.45) is 0 Å². The number of imidazole rings is 1. The molecule has 2 aromatic heterocycles. The van der Waals surface area contributed by atoms with Crippen LogP contribution in [0, 0.1) is 0 Å². The minimum absolute atomic E-state index is 0.241. The number of carbonyl (C=O) groups excluding carboxylic acids is 1. The summed E-state index contributed by atoms with van der Waals surface area (Å²) in [6.07, 6.45) is -0.648. The van der Waals surface area contributed by atoms with Crippen LogP contribution in [0.4, 0.5) is 13.2 Å². The zero-order valence-corrected chi connectivity index (χ0v) is 18.2. The molecular weight excluding hydrogens is 441 g/mol. The van der Waals surface area contributed by atoms with Gasteiger partial charge in [-0.05, 0) is 36.1 Å². The maximum Gasteiger partial charge on any atom is 0.416 e. The Morgan fingerprint density at radius 3 is 2.56 bits per heavy atom. The lowest BCUT2D eigenvalue weighted by molar-refractivity contribution is -0.137. The second-order valence-electron chi connectivity index (χ2n) is 7.40. The average Bonchev–Trinajstić information content (AvgIpc) is 3.18. The molecule has 1 aliphatic rings. The molecule has 0 radical (unpaired) electrons. The number of halogens is 3. The molecule has 1 amide bonds. The Hall–Kier alpha value is -2.56. The van der Waals surface area contributed by atoms with Crippen LogP contribution in [0.3, 0.4) is 0 Å². The molecule has 10 heteroatoms. The van der Waals surface area contributed by atoms with Crippen molar-refractivity contribution in [3.8, 4) is 0 Å². The monoisotopic (exact) mass is 464 g/mol. The Morgan fingerprint density at radius 1 is 1.19 bits per heavy atom. The van der Waals surface area contributed by atoms with E-state index in [1.807, 2.05) is 35.1 Å². The molecule has 1 aliphatic heterocycles. The molecular formula is C22H23F3N4O2S. The number of rotatable bonds is 6. The molecule has 1 N–H and O–H groups in total. The Morgan fingerprint density at radius 2 is 1.91 bits per heavy atom. The molecule has 1 fully saturated rings. The van der Waals surface area contributed by atoms with Crippen LogP contribution in [0.5, 0.6) is 0 Å². The van der Waals surface area contributed by atoms with Gasteiger partial charge in [-0.2, -0.15) is 13.2 Å². The zero-order valence-electron chi connectivity index (χ0n) is 17.4. The van der Waals surface area contributed by atoms with E-state index in [2.05, 4.69) is 15.2 Å². The average molecular weight is 465 g/mol. The summed E-state index contributed by atoms with van der Waals surface area (Å²) in [5.41, 5.74) is 1.04. The largest absolute Gasteiger partial charge is 0.416 e. The lowest BCUT2D eigenvalue weighted by Crippen LogP contribution is -2.43. The minimum atomic E-state index is -4.39. The van der Waals surface area contributed by atoms with E-state index in [4.69, 9.17) is 4.74 Å². The Labute approximate surface area is 187 Å². The number of aromatic nitrogens is 2. The summed E-state index contributed by atoms with van der Waals surface area (Å²) >= 11 is 1.44. The summed E-state index contributed by atoms with van der Waals surface area (Å²) in [6.45, 7) is 2.57. The number of ether oxygens (including phenoxy) is 1. The van der Waals surface area contributed by atoms with Crippen LogP contribution >= 0.6 is 11.8 Å². The molecule has 1 aromatic carbocycles. The summed E-state index contributed by atoms with van der Waals surface area (Å²) in [6, 6.07) is 10.4. The van der Waals surface area contributed by atoms with E-state index in [1.54, 1.807) is 0 Å². The standard InChI is InChI=1S/C22H23F3N4O2S/c1-32-21-27-19(17-4-2-3-9-29(17)21)20(30)26-14-18(28-10-12-31-13-11-28)15-5-7-16(8-6-15)22(23,24)25/h2-9,18H,10-14H2,1H3,(H,26,30). The number of nitrogens with one attached hydrogen (secondary N) is 1. The smallest absolute Gasteiger partial charge is 0.379 e. The van der Waals surface area contributed by atoms with Gasteiger partial charge in [0, 0.05) is 25.8 Å². The van der Waals surface area contributed by atoms with Gasteiger partial charge in [0.2, 0.25) is 0 Å². The van der Waals surface area contributed by atoms with Crippen LogP contribution in [-0.2, 0) is 10.9 Å². The first-order valence-electron chi connectivity index (χ1n) is 10.2. The van der Waals surface area contributed by atoms with Gasteiger partial charge in [-0.3, -0.25) is 14.1 Å². The van der Waals surface area contributed by atoms with E-state index in [0.717, 1.165) is 12.1 Å². The van der Waals surface area contributed by atoms with Crippen LogP contribution < -0.4 is 5.32 Å². The Bertz CT molecular complexity index is 1080. The highest BCUT2D eigenvalue weighted by atomic mass is 32.2. The summed E-state index contributed by atoms with van der Waals surface area (Å²) in [5.74, 6) is -0.320. The number of fused-ring (bicyclic) bond motifs is 1. The van der Waals surface area contributed by atoms with Crippen LogP contribution in [0.2, 0.25) is 0 Å². The van der Waals surface area contributed by atoms with Crippen LogP contribution in [-0.4, -0.2) is 59.3 Å². The SMILES string of the molecule is CSc1nc(C(=O)NCC(c2ccc(C(F)(F)F)cc2)N2CCOCC2)c2ccccn12. The van der Waals surface area contributed by atoms with E-state index >= 15 is 0 Å². The molecule has 4 rings (SSSR count). The number of morpholine rings is 1. The Kier molecular flexibility index (Phi) is 6.73. The first-order chi connectivity index (χ1) is 15.4. The number of nitrogens with zero attached hydrogens (tertiary/aromatic N) is 3. The van der Waals surface area contributed by atoms with Crippen molar-refractivity contribution in [3.05, 3.63) is 65.5 Å². The number of amides is 1. The topological polar surface area (TPSA) is 58.9 Å². The summed E-state index contributed by atoms with van der Waals surface area (Å²) in [7, 11) is 0. The molecule has 1 atom stereocenters. The molecule has 3 heterocycles. The maximum atomic E-state index is 13.0. The summed E-state index contributed by atoms with van der Waals surface area (Å²) in [5, 5.41) is 3.65. The molecule has 0 saturated carbocycles. The van der Waals surface area contributed by atoms with Gasteiger partial charge in [-0.25, -0.2) is 4.98 Å². The molecule has 0 spiro atoms. The molecule has 1 unspecified atom stereocenters. The van der Waals surface area contributed by atoms with Crippen molar-refractivity contribution in [3.63, 3.8) is 0 Å². The normalized spacial score (nSPS) is 16.2. The van der Waals surface area contributed by atoms with E-state index in [-0.39, 0.29) is 18.5 Å². The van der Waals surface area contributed by atoms with Crippen molar-refractivity contribution in [1.82, 2.24) is 19.6 Å². The van der Waals surface area contributed by atoms with Crippen molar-refractivity contribution in [2.45, 2.75) is 17.4 Å². The van der Waals surface area contributed by atoms with Crippen molar-refractivity contribution in [2.75, 3.05) is 39.1 Å². The van der Waals surface area contributed by atoms with Gasteiger partial charge in [0.1, 0.15) is 0 Å². The number of carbonyl (C=O) groups is 1. The molecule has 32 heavy (non-hydrogen) atoms. The lowest BCUT2D eigenvalue weighted by atomic mass is 10.0. The van der Waals surface area contributed by atoms with E-state index < -0.39 is 11.7 Å². The number of thioether (sulfide) groups is 1. The predicted molar refractivity (Wildman–Crippen MR) is 116 cm³/mol. The van der Waals surface area contributed by atoms with Crippen LogP contribution in [0.25, 0.3) is 5.52 Å². The highest BCUT2D eigenvalue weighted by Crippen LogP contribution is 2.31. The molecule has 1 saturated heterocycles. The third-order valence-electron chi connectivity index (χ3n) is 5.48. The molecule has 3 aromatic rings. The molecule has 170 valence electrons. The second kappa shape index (κ2) is 9.51. The molecule has 6 nitrogen and oxygen atoms in total. The fraction of sp³-hybridized carbons (Fsp3) is 0.364. The van der Waals surface area contributed by atoms with E-state index in [9.17, 15) is 18.0 Å². The van der Waals surface area contributed by atoms with Gasteiger partial charge in [0.15, 0.2) is 10.9 Å². The highest BCUT2D eigenvalue weighted by molar-refractivity contribution is 7.98. The van der Waals surface area contributed by atoms with Gasteiger partial charge < -0.3 is 10.1 Å². The zero-order chi connectivity index (χ0) is 22.7. The van der Waals surface area contributed by atoms with Crippen LogP contribution in [0.15, 0.2) is 53.8 Å². The quantitative estimate of drug-likeness (QED) is 0.561. The third kappa shape index (κ3) is 4.77. The number of benzene rings is 1. The van der Waals surface area contributed by atoms with Gasteiger partial charge in [-0.15, -0.1) is 0 Å². The summed E-state index contributed by atoms with van der Waals surface area (Å²) < 4.78 is 46.2. The fourth-order valence-electron chi connectivity index (χ4n) is 3.84. The molecule has 0 aliphatic carbocycles. The first-order valence-corrected chi connectivity index (χ1v) is 11.4. The fourth-order valence-corrected chi connectivity index (χ4v) is 4.37. The predicted octanol–water partition coefficient (Wildman–Crippen LogP) is 3.88. The van der Waals surface area contributed by atoms with Gasteiger partial charge in [-0.1, -0.05) is 30.0 Å². The number of hydrogen-bond donors (Lipinski definition) is 1. The van der Waals surface area contributed by atoms with Gasteiger partial charge >= 0.3 is 6.18 Å². The lowest BCUT2D eigenvalue weighted by Gasteiger charge is -2.35. The van der Waals surface area contributed by atoms with E-state index in [0.29, 0.717) is 48.2 Å². The maximum absolute atomic E-state index is 13.0. The van der Waals surface area contributed by atoms with Gasteiger partial charge in [0.25, 0.3) is 5.91 Å². The van der Waals surface area contributed by atoms with Crippen molar-refractivity contribution >= 4 is 23.2 Å². The molecule has 0 bridgehead atoms. The Balaban J connectivity index is 1.56. The first kappa shape index (κ1) is 22.6. The minimum Gasteiger partial charge on any atom is -0.379 e. The number of pyridine rings is 1. The van der Waals surface area contributed by atoms with Crippen LogP contribution in [0.1, 0.15) is 27.7 Å². The number of hydrogen-bond acceptors (Lipinski definition) is 5. The van der Waals surface area contributed by atoms with Crippen molar-refractivity contribution < 1.29 is 22.7 Å². The third-order valence-corrected chi connectivity index (χ3v) is 6.13. The van der Waals surface area contributed by atoms with E-state index in [1.165, 1.54) is 23.9 Å². The van der Waals surface area contributed by atoms with Crippen molar-refractivity contribution in [1.29, 1.82) is 0 Å². The number of alkyl halides is 3. The van der Waals surface area contributed by atoms with Gasteiger partial charge in [0.05, 0.1) is 30.3 Å². The second-order valence-corrected chi connectivity index (χ2v) is 8.17. The summed E-state index contributed by atoms with van der Waals surface area (Å²) in [4.78, 5) is 19.6.